The van der Waals surface area contributed by atoms with Crippen LogP contribution in [0.5, 0.6) is 0 Å². The second kappa shape index (κ2) is 3.90. The number of hydrogen-bond acceptors (Lipinski definition) is 4. The first kappa shape index (κ1) is 10.4. The highest BCUT2D eigenvalue weighted by atomic mass is 16.3. The van der Waals surface area contributed by atoms with E-state index in [-0.39, 0.29) is 5.82 Å². The zero-order valence-corrected chi connectivity index (χ0v) is 9.42. The van der Waals surface area contributed by atoms with Gasteiger partial charge in [0.2, 0.25) is 0 Å². The van der Waals surface area contributed by atoms with E-state index >= 15 is 0 Å². The van der Waals surface area contributed by atoms with Crippen LogP contribution in [0.1, 0.15) is 5.56 Å². The van der Waals surface area contributed by atoms with E-state index in [1.54, 1.807) is 12.1 Å². The topological polar surface area (TPSA) is 75.8 Å². The lowest BCUT2D eigenvalue weighted by Gasteiger charge is -1.99. The maximum Gasteiger partial charge on any atom is 0.153 e. The van der Waals surface area contributed by atoms with Gasteiger partial charge in [-0.15, -0.1) is 0 Å². The Balaban J connectivity index is 2.15. The normalized spacial score (nSPS) is 10.4. The highest BCUT2D eigenvalue weighted by Gasteiger charge is 2.09. The molecule has 0 aliphatic carbocycles. The molecule has 2 aromatic heterocycles. The number of nitrogens with two attached hydrogens (primary N) is 1. The van der Waals surface area contributed by atoms with Gasteiger partial charge < -0.3 is 10.2 Å². The van der Waals surface area contributed by atoms with Crippen molar-refractivity contribution >= 4 is 16.8 Å². The van der Waals surface area contributed by atoms with Gasteiger partial charge in [0.1, 0.15) is 23.2 Å². The Morgan fingerprint density at radius 2 is 2.00 bits per heavy atom. The molecule has 0 unspecified atom stereocenters. The second-order valence-corrected chi connectivity index (χ2v) is 3.89. The van der Waals surface area contributed by atoms with E-state index in [4.69, 9.17) is 15.4 Å². The largest absolute Gasteiger partial charge is 0.454 e. The van der Waals surface area contributed by atoms with Crippen LogP contribution in [0.3, 0.4) is 0 Å². The van der Waals surface area contributed by atoms with Crippen molar-refractivity contribution in [3.05, 3.63) is 48.0 Å². The van der Waals surface area contributed by atoms with Crippen LogP contribution in [0.2, 0.25) is 0 Å². The maximum atomic E-state index is 8.80. The van der Waals surface area contributed by atoms with Crippen LogP contribution in [0.25, 0.3) is 22.4 Å². The molecule has 0 atom stereocenters. The smallest absolute Gasteiger partial charge is 0.153 e. The minimum absolute atomic E-state index is 0.218. The average Bonchev–Trinajstić information content (AvgIpc) is 2.82. The van der Waals surface area contributed by atoms with Crippen LogP contribution in [-0.4, -0.2) is 4.98 Å². The first-order valence-corrected chi connectivity index (χ1v) is 5.43. The van der Waals surface area contributed by atoms with Crippen LogP contribution in [-0.2, 0) is 0 Å². The van der Waals surface area contributed by atoms with Gasteiger partial charge in [-0.25, -0.2) is 4.98 Å². The lowest BCUT2D eigenvalue weighted by molar-refractivity contribution is 0.629. The first-order valence-electron chi connectivity index (χ1n) is 5.43. The number of aromatic nitrogens is 1. The minimum atomic E-state index is 0.218. The molecule has 0 aliphatic rings. The summed E-state index contributed by atoms with van der Waals surface area (Å²) in [6.07, 6.45) is 0. The summed E-state index contributed by atoms with van der Waals surface area (Å²) in [6.45, 7) is 0. The van der Waals surface area contributed by atoms with Crippen molar-refractivity contribution in [2.24, 2.45) is 0 Å². The zero-order chi connectivity index (χ0) is 12.5. The van der Waals surface area contributed by atoms with Crippen LogP contribution in [0.4, 0.5) is 5.82 Å². The van der Waals surface area contributed by atoms with Gasteiger partial charge in [0.25, 0.3) is 0 Å². The average molecular weight is 235 g/mol. The number of nitriles is 1. The summed E-state index contributed by atoms with van der Waals surface area (Å²) >= 11 is 0. The van der Waals surface area contributed by atoms with Crippen LogP contribution < -0.4 is 5.73 Å². The van der Waals surface area contributed by atoms with Crippen molar-refractivity contribution in [1.29, 1.82) is 5.26 Å². The van der Waals surface area contributed by atoms with Gasteiger partial charge in [0, 0.05) is 5.39 Å². The number of hydrogen-bond donors (Lipinski definition) is 1. The fraction of sp³-hybridized carbons (Fsp3) is 0. The van der Waals surface area contributed by atoms with Crippen molar-refractivity contribution in [1.82, 2.24) is 4.98 Å². The van der Waals surface area contributed by atoms with E-state index in [1.165, 1.54) is 0 Å². The lowest BCUT2D eigenvalue weighted by Crippen LogP contribution is -1.95. The predicted molar refractivity (Wildman–Crippen MR) is 68.6 cm³/mol. The molecule has 1 aromatic carbocycles. The number of nitrogens with zero attached hydrogens (tertiary/aromatic N) is 2. The van der Waals surface area contributed by atoms with E-state index in [0.717, 1.165) is 11.0 Å². The van der Waals surface area contributed by atoms with Gasteiger partial charge in [-0.3, -0.25) is 0 Å². The van der Waals surface area contributed by atoms with Gasteiger partial charge in [-0.1, -0.05) is 18.2 Å². The number of fused-ring (bicyclic) bond motifs is 1. The van der Waals surface area contributed by atoms with Crippen LogP contribution >= 0.6 is 0 Å². The molecule has 4 nitrogen and oxygen atoms in total. The summed E-state index contributed by atoms with van der Waals surface area (Å²) in [5.41, 5.74) is 7.49. The fourth-order valence-electron chi connectivity index (χ4n) is 1.81. The third kappa shape index (κ3) is 1.59. The Hall–Kier alpha value is -2.80. The standard InChI is InChI=1S/C14H9N3O/c15-8-10-5-6-11(17-14(10)16)13-7-9-3-1-2-4-12(9)18-13/h1-7H,(H2,16,17). The van der Waals surface area contributed by atoms with Crippen molar-refractivity contribution in [2.45, 2.75) is 0 Å². The molecule has 0 saturated heterocycles. The third-order valence-corrected chi connectivity index (χ3v) is 2.72. The van der Waals surface area contributed by atoms with Gasteiger partial charge in [-0.05, 0) is 24.3 Å². The summed E-state index contributed by atoms with van der Waals surface area (Å²) in [6, 6.07) is 15.0. The Kier molecular flexibility index (Phi) is 2.24. The Morgan fingerprint density at radius 3 is 2.72 bits per heavy atom. The molecule has 0 fully saturated rings. The molecule has 2 N–H and O–H groups in total. The van der Waals surface area contributed by atoms with E-state index in [0.29, 0.717) is 17.0 Å². The highest BCUT2D eigenvalue weighted by Crippen LogP contribution is 2.27. The molecule has 3 aromatic rings. The molecule has 3 rings (SSSR count). The van der Waals surface area contributed by atoms with Crippen molar-refractivity contribution in [2.75, 3.05) is 5.73 Å². The molecular formula is C14H9N3O. The molecule has 0 aliphatic heterocycles. The summed E-state index contributed by atoms with van der Waals surface area (Å²) in [7, 11) is 0. The van der Waals surface area contributed by atoms with Crippen molar-refractivity contribution in [3.8, 4) is 17.5 Å². The minimum Gasteiger partial charge on any atom is -0.454 e. The number of benzene rings is 1. The van der Waals surface area contributed by atoms with Gasteiger partial charge in [0.05, 0.1) is 5.56 Å². The summed E-state index contributed by atoms with van der Waals surface area (Å²) < 4.78 is 5.68. The van der Waals surface area contributed by atoms with Gasteiger partial charge in [-0.2, -0.15) is 5.26 Å². The quantitative estimate of drug-likeness (QED) is 0.703. The molecule has 0 saturated carbocycles. The fourth-order valence-corrected chi connectivity index (χ4v) is 1.81. The summed E-state index contributed by atoms with van der Waals surface area (Å²) in [4.78, 5) is 4.17. The number of pyridine rings is 1. The Bertz CT molecular complexity index is 735. The van der Waals surface area contributed by atoms with E-state index in [9.17, 15) is 0 Å². The monoisotopic (exact) mass is 235 g/mol. The molecule has 18 heavy (non-hydrogen) atoms. The van der Waals surface area contributed by atoms with Crippen LogP contribution in [0, 0.1) is 11.3 Å². The number of para-hydroxylation sites is 1. The molecule has 0 amide bonds. The molecule has 0 bridgehead atoms. The van der Waals surface area contributed by atoms with E-state index in [2.05, 4.69) is 4.98 Å². The SMILES string of the molecule is N#Cc1ccc(-c2cc3ccccc3o2)nc1N. The van der Waals surface area contributed by atoms with Gasteiger partial charge >= 0.3 is 0 Å². The number of furan rings is 1. The van der Waals surface area contributed by atoms with Gasteiger partial charge in [0.15, 0.2) is 5.76 Å². The lowest BCUT2D eigenvalue weighted by atomic mass is 10.2. The number of nitrogen functional groups attached to an aromatic ring is 1. The molecular weight excluding hydrogens is 226 g/mol. The van der Waals surface area contributed by atoms with Crippen LogP contribution in [0.15, 0.2) is 46.9 Å². The molecule has 0 radical (unpaired) electrons. The highest BCUT2D eigenvalue weighted by molar-refractivity contribution is 5.82. The Morgan fingerprint density at radius 1 is 1.17 bits per heavy atom. The molecule has 86 valence electrons. The summed E-state index contributed by atoms with van der Waals surface area (Å²) in [5.74, 6) is 0.864. The second-order valence-electron chi connectivity index (χ2n) is 3.89. The van der Waals surface area contributed by atoms with Crippen molar-refractivity contribution < 1.29 is 4.42 Å². The summed E-state index contributed by atoms with van der Waals surface area (Å²) in [5, 5.41) is 9.81. The van der Waals surface area contributed by atoms with E-state index in [1.807, 2.05) is 36.4 Å². The Labute approximate surface area is 103 Å². The predicted octanol–water partition coefficient (Wildman–Crippen LogP) is 2.95. The first-order chi connectivity index (χ1) is 8.78. The molecule has 0 spiro atoms. The van der Waals surface area contributed by atoms with E-state index < -0.39 is 0 Å². The third-order valence-electron chi connectivity index (χ3n) is 2.72. The molecule has 2 heterocycles. The number of anilines is 1. The maximum absolute atomic E-state index is 8.80. The molecule has 4 heteroatoms. The zero-order valence-electron chi connectivity index (χ0n) is 9.42. The van der Waals surface area contributed by atoms with Crippen molar-refractivity contribution in [3.63, 3.8) is 0 Å². The number of rotatable bonds is 1.